The summed E-state index contributed by atoms with van der Waals surface area (Å²) < 4.78 is 7.87. The highest BCUT2D eigenvalue weighted by molar-refractivity contribution is 5.90. The zero-order valence-electron chi connectivity index (χ0n) is 14.0. The van der Waals surface area contributed by atoms with E-state index in [4.69, 9.17) is 4.42 Å². The molecule has 0 aliphatic rings. The molecule has 0 saturated heterocycles. The van der Waals surface area contributed by atoms with Crippen LogP contribution in [0.3, 0.4) is 0 Å². The van der Waals surface area contributed by atoms with Crippen LogP contribution in [0.4, 0.5) is 0 Å². The van der Waals surface area contributed by atoms with E-state index >= 15 is 0 Å². The Bertz CT molecular complexity index is 1020. The lowest BCUT2D eigenvalue weighted by Crippen LogP contribution is -2.24. The SMILES string of the molecule is Cc1cc(-c2nnc(-c3ccnc4[nH]ccc34)o2)n(C(C)(C)C)n1. The maximum Gasteiger partial charge on any atom is 0.266 e. The molecule has 0 aromatic carbocycles. The van der Waals surface area contributed by atoms with Gasteiger partial charge in [-0.05, 0) is 45.9 Å². The highest BCUT2D eigenvalue weighted by Gasteiger charge is 2.23. The first kappa shape index (κ1) is 14.6. The van der Waals surface area contributed by atoms with E-state index < -0.39 is 0 Å². The van der Waals surface area contributed by atoms with Gasteiger partial charge in [0.05, 0.1) is 16.8 Å². The van der Waals surface area contributed by atoms with Gasteiger partial charge in [0, 0.05) is 17.8 Å². The number of aromatic nitrogens is 6. The summed E-state index contributed by atoms with van der Waals surface area (Å²) in [6, 6.07) is 5.78. The summed E-state index contributed by atoms with van der Waals surface area (Å²) in [5.74, 6) is 0.928. The molecule has 4 rings (SSSR count). The number of pyridine rings is 1. The third-order valence-electron chi connectivity index (χ3n) is 3.80. The van der Waals surface area contributed by atoms with Crippen LogP contribution in [-0.4, -0.2) is 29.9 Å². The molecule has 7 heteroatoms. The van der Waals surface area contributed by atoms with Crippen molar-refractivity contribution in [1.82, 2.24) is 29.9 Å². The van der Waals surface area contributed by atoms with E-state index in [1.54, 1.807) is 6.20 Å². The van der Waals surface area contributed by atoms with Crippen LogP contribution in [0.2, 0.25) is 0 Å². The van der Waals surface area contributed by atoms with Crippen molar-refractivity contribution in [3.05, 3.63) is 36.3 Å². The molecule has 24 heavy (non-hydrogen) atoms. The topological polar surface area (TPSA) is 85.4 Å². The van der Waals surface area contributed by atoms with E-state index in [0.29, 0.717) is 11.8 Å². The van der Waals surface area contributed by atoms with Gasteiger partial charge in [-0.15, -0.1) is 10.2 Å². The third kappa shape index (κ3) is 2.29. The van der Waals surface area contributed by atoms with Crippen molar-refractivity contribution in [2.75, 3.05) is 0 Å². The molecule has 0 aliphatic carbocycles. The minimum Gasteiger partial charge on any atom is -0.415 e. The Labute approximate surface area is 138 Å². The number of fused-ring (bicyclic) bond motifs is 1. The van der Waals surface area contributed by atoms with Crippen molar-refractivity contribution in [3.63, 3.8) is 0 Å². The van der Waals surface area contributed by atoms with E-state index in [2.05, 4.69) is 46.0 Å². The Balaban J connectivity index is 1.83. The summed E-state index contributed by atoms with van der Waals surface area (Å²) in [5, 5.41) is 14.0. The number of aryl methyl sites for hydroxylation is 1. The molecule has 0 aliphatic heterocycles. The van der Waals surface area contributed by atoms with Gasteiger partial charge in [-0.2, -0.15) is 5.10 Å². The molecule has 1 N–H and O–H groups in total. The van der Waals surface area contributed by atoms with E-state index in [-0.39, 0.29) is 5.54 Å². The second-order valence-electron chi connectivity index (χ2n) is 6.76. The lowest BCUT2D eigenvalue weighted by Gasteiger charge is -2.21. The number of rotatable bonds is 2. The van der Waals surface area contributed by atoms with Crippen LogP contribution in [0.15, 0.2) is 35.0 Å². The largest absolute Gasteiger partial charge is 0.415 e. The van der Waals surface area contributed by atoms with E-state index in [1.165, 1.54) is 0 Å². The zero-order chi connectivity index (χ0) is 16.9. The van der Waals surface area contributed by atoms with Gasteiger partial charge in [0.15, 0.2) is 0 Å². The van der Waals surface area contributed by atoms with E-state index in [1.807, 2.05) is 36.0 Å². The number of hydrogen-bond acceptors (Lipinski definition) is 5. The highest BCUT2D eigenvalue weighted by atomic mass is 16.4. The van der Waals surface area contributed by atoms with Gasteiger partial charge in [0.1, 0.15) is 11.3 Å². The minimum atomic E-state index is -0.178. The molecule has 0 saturated carbocycles. The Morgan fingerprint density at radius 3 is 2.71 bits per heavy atom. The molecule has 0 fully saturated rings. The van der Waals surface area contributed by atoms with Crippen molar-refractivity contribution in [1.29, 1.82) is 0 Å². The molecule has 0 bridgehead atoms. The second kappa shape index (κ2) is 5.02. The highest BCUT2D eigenvalue weighted by Crippen LogP contribution is 2.30. The number of hydrogen-bond donors (Lipinski definition) is 1. The average Bonchev–Trinajstić information content (AvgIpc) is 3.24. The van der Waals surface area contributed by atoms with Gasteiger partial charge in [-0.1, -0.05) is 0 Å². The molecule has 0 atom stereocenters. The molecule has 0 unspecified atom stereocenters. The molecule has 4 aromatic heterocycles. The maximum absolute atomic E-state index is 5.96. The molecule has 7 nitrogen and oxygen atoms in total. The molecule has 0 amide bonds. The van der Waals surface area contributed by atoms with Gasteiger partial charge in [0.2, 0.25) is 5.89 Å². The van der Waals surface area contributed by atoms with Crippen LogP contribution >= 0.6 is 0 Å². The first-order valence-electron chi connectivity index (χ1n) is 7.77. The standard InChI is InChI=1S/C17H18N6O/c1-10-9-13(23(22-10)17(2,3)4)16-21-20-15(24-16)12-6-8-19-14-11(12)5-7-18-14/h5-9H,1-4H3,(H,18,19). The Morgan fingerprint density at radius 1 is 1.12 bits per heavy atom. The fraction of sp³-hybridized carbons (Fsp3) is 0.294. The summed E-state index contributed by atoms with van der Waals surface area (Å²) in [7, 11) is 0. The molecule has 4 heterocycles. The van der Waals surface area contributed by atoms with Crippen LogP contribution in [-0.2, 0) is 5.54 Å². The molecule has 0 radical (unpaired) electrons. The number of nitrogens with one attached hydrogen (secondary N) is 1. The van der Waals surface area contributed by atoms with Crippen molar-refractivity contribution in [2.24, 2.45) is 0 Å². The predicted octanol–water partition coefficient (Wildman–Crippen LogP) is 3.54. The van der Waals surface area contributed by atoms with Gasteiger partial charge < -0.3 is 9.40 Å². The predicted molar refractivity (Wildman–Crippen MR) is 90.3 cm³/mol. The summed E-state index contributed by atoms with van der Waals surface area (Å²) in [5.41, 5.74) is 3.21. The van der Waals surface area contributed by atoms with Gasteiger partial charge in [-0.25, -0.2) is 4.98 Å². The average molecular weight is 322 g/mol. The first-order chi connectivity index (χ1) is 11.4. The van der Waals surface area contributed by atoms with Crippen molar-refractivity contribution >= 4 is 11.0 Å². The monoisotopic (exact) mass is 322 g/mol. The van der Waals surface area contributed by atoms with E-state index in [9.17, 15) is 0 Å². The molecule has 4 aromatic rings. The molecule has 122 valence electrons. The van der Waals surface area contributed by atoms with Crippen molar-refractivity contribution in [2.45, 2.75) is 33.2 Å². The lowest BCUT2D eigenvalue weighted by atomic mass is 10.1. The van der Waals surface area contributed by atoms with Crippen molar-refractivity contribution < 1.29 is 4.42 Å². The number of aromatic amines is 1. The lowest BCUT2D eigenvalue weighted by molar-refractivity contribution is 0.354. The normalized spacial score (nSPS) is 12.2. The van der Waals surface area contributed by atoms with E-state index in [0.717, 1.165) is 28.0 Å². The van der Waals surface area contributed by atoms with Crippen LogP contribution in [0, 0.1) is 6.92 Å². The second-order valence-corrected chi connectivity index (χ2v) is 6.76. The van der Waals surface area contributed by atoms with Crippen LogP contribution < -0.4 is 0 Å². The van der Waals surface area contributed by atoms with Crippen LogP contribution in [0.1, 0.15) is 26.5 Å². The maximum atomic E-state index is 5.96. The van der Waals surface area contributed by atoms with Gasteiger partial charge in [0.25, 0.3) is 5.89 Å². The first-order valence-corrected chi connectivity index (χ1v) is 7.77. The molecule has 0 spiro atoms. The quantitative estimate of drug-likeness (QED) is 0.610. The van der Waals surface area contributed by atoms with Crippen LogP contribution in [0.5, 0.6) is 0 Å². The summed E-state index contributed by atoms with van der Waals surface area (Å²) in [6.45, 7) is 8.22. The molecular weight excluding hydrogens is 304 g/mol. The van der Waals surface area contributed by atoms with Gasteiger partial charge in [-0.3, -0.25) is 4.68 Å². The molecular formula is C17H18N6O. The fourth-order valence-electron chi connectivity index (χ4n) is 2.75. The number of H-pyrrole nitrogens is 1. The summed E-state index contributed by atoms with van der Waals surface area (Å²) >= 11 is 0. The Morgan fingerprint density at radius 2 is 1.92 bits per heavy atom. The van der Waals surface area contributed by atoms with Crippen LogP contribution in [0.25, 0.3) is 34.1 Å². The number of nitrogens with zero attached hydrogens (tertiary/aromatic N) is 5. The Hall–Kier alpha value is -2.96. The summed E-state index contributed by atoms with van der Waals surface area (Å²) in [6.07, 6.45) is 3.57. The smallest absolute Gasteiger partial charge is 0.266 e. The fourth-order valence-corrected chi connectivity index (χ4v) is 2.75. The third-order valence-corrected chi connectivity index (χ3v) is 3.80. The zero-order valence-corrected chi connectivity index (χ0v) is 14.0. The summed E-state index contributed by atoms with van der Waals surface area (Å²) in [4.78, 5) is 7.37. The Kier molecular flexibility index (Phi) is 3.06. The van der Waals surface area contributed by atoms with Crippen molar-refractivity contribution in [3.8, 4) is 23.0 Å². The van der Waals surface area contributed by atoms with Gasteiger partial charge >= 0.3 is 0 Å². The minimum absolute atomic E-state index is 0.178.